The molecule has 0 saturated carbocycles. The van der Waals surface area contributed by atoms with Gasteiger partial charge >= 0.3 is 0 Å². The van der Waals surface area contributed by atoms with Gasteiger partial charge in [0.1, 0.15) is 0 Å². The van der Waals surface area contributed by atoms with Gasteiger partial charge in [0.25, 0.3) is 0 Å². The zero-order valence-electron chi connectivity index (χ0n) is 10.3. The summed E-state index contributed by atoms with van der Waals surface area (Å²) in [4.78, 5) is 0. The minimum Gasteiger partial charge on any atom is -0.472 e. The van der Waals surface area contributed by atoms with Gasteiger partial charge in [-0.1, -0.05) is 19.9 Å². The number of rotatable bonds is 3. The fourth-order valence-corrected chi connectivity index (χ4v) is 3.94. The summed E-state index contributed by atoms with van der Waals surface area (Å²) in [6, 6.07) is 1.84. The topological polar surface area (TPSA) is 33.4 Å². The lowest BCUT2D eigenvalue weighted by molar-refractivity contribution is 0.106. The molecule has 1 aliphatic rings. The maximum absolute atomic E-state index is 10.2. The molecule has 17 heavy (non-hydrogen) atoms. The van der Waals surface area contributed by atoms with E-state index in [4.69, 9.17) is 4.42 Å². The normalized spacial score (nSPS) is 25.4. The Morgan fingerprint density at radius 1 is 1.59 bits per heavy atom. The third-order valence-corrected chi connectivity index (χ3v) is 4.98. The van der Waals surface area contributed by atoms with E-state index < -0.39 is 6.10 Å². The molecule has 0 amide bonds. The Morgan fingerprint density at radius 3 is 2.94 bits per heavy atom. The van der Waals surface area contributed by atoms with Gasteiger partial charge in [0.15, 0.2) is 0 Å². The molecule has 94 valence electrons. The number of aliphatic hydroxyl groups excluding tert-OH is 1. The van der Waals surface area contributed by atoms with Crippen LogP contribution in [0.15, 0.2) is 32.7 Å². The minimum absolute atomic E-state index is 0.274. The van der Waals surface area contributed by atoms with Crippen LogP contribution in [0.2, 0.25) is 0 Å². The summed E-state index contributed by atoms with van der Waals surface area (Å²) < 4.78 is 6.42. The number of hydrogen-bond donors (Lipinski definition) is 1. The molecule has 3 heteroatoms. The van der Waals surface area contributed by atoms with Gasteiger partial charge in [-0.15, -0.1) is 0 Å². The van der Waals surface area contributed by atoms with Gasteiger partial charge in [0.2, 0.25) is 0 Å². The zero-order chi connectivity index (χ0) is 12.5. The SMILES string of the molecule is CC1(C)CCC=C(I)[C@H]1C[C@H](O)c1ccoc1. The Balaban J connectivity index is 2.11. The average Bonchev–Trinajstić information content (AvgIpc) is 2.76. The molecule has 0 spiro atoms. The third-order valence-electron chi connectivity index (χ3n) is 3.79. The molecule has 0 aliphatic heterocycles. The summed E-state index contributed by atoms with van der Waals surface area (Å²) in [6.45, 7) is 4.59. The third kappa shape index (κ3) is 2.94. The summed E-state index contributed by atoms with van der Waals surface area (Å²) in [7, 11) is 0. The zero-order valence-corrected chi connectivity index (χ0v) is 12.5. The highest BCUT2D eigenvalue weighted by atomic mass is 127. The molecule has 1 N–H and O–H groups in total. The monoisotopic (exact) mass is 346 g/mol. The molecule has 0 unspecified atom stereocenters. The molecule has 1 aromatic heterocycles. The summed E-state index contributed by atoms with van der Waals surface area (Å²) in [5, 5.41) is 10.2. The Hall–Kier alpha value is -0.290. The lowest BCUT2D eigenvalue weighted by Gasteiger charge is -2.38. The van der Waals surface area contributed by atoms with E-state index in [0.717, 1.165) is 18.4 Å². The molecule has 0 bridgehead atoms. The van der Waals surface area contributed by atoms with Crippen molar-refractivity contribution in [3.05, 3.63) is 33.8 Å². The molecule has 1 aliphatic carbocycles. The van der Waals surface area contributed by atoms with Crippen molar-refractivity contribution >= 4 is 22.6 Å². The fraction of sp³-hybridized carbons (Fsp3) is 0.571. The van der Waals surface area contributed by atoms with E-state index in [-0.39, 0.29) is 5.41 Å². The molecule has 1 aromatic rings. The van der Waals surface area contributed by atoms with Crippen LogP contribution >= 0.6 is 22.6 Å². The van der Waals surface area contributed by atoms with E-state index in [1.807, 2.05) is 6.07 Å². The summed E-state index contributed by atoms with van der Waals surface area (Å²) >= 11 is 2.42. The van der Waals surface area contributed by atoms with E-state index in [1.54, 1.807) is 12.5 Å². The number of halogens is 1. The van der Waals surface area contributed by atoms with Crippen LogP contribution < -0.4 is 0 Å². The number of furan rings is 1. The predicted octanol–water partition coefficient (Wildman–Crippen LogP) is 4.46. The van der Waals surface area contributed by atoms with Crippen molar-refractivity contribution in [3.8, 4) is 0 Å². The Bertz CT molecular complexity index is 392. The highest BCUT2D eigenvalue weighted by Crippen LogP contribution is 2.47. The van der Waals surface area contributed by atoms with Crippen LogP contribution in [0.25, 0.3) is 0 Å². The first-order valence-corrected chi connectivity index (χ1v) is 7.14. The first-order chi connectivity index (χ1) is 8.00. The summed E-state index contributed by atoms with van der Waals surface area (Å²) in [5.74, 6) is 0.446. The van der Waals surface area contributed by atoms with Gasteiger partial charge in [0, 0.05) is 5.56 Å². The van der Waals surface area contributed by atoms with Crippen molar-refractivity contribution in [1.29, 1.82) is 0 Å². The standard InChI is InChI=1S/C14H19IO2/c1-14(2)6-3-4-12(15)11(14)8-13(16)10-5-7-17-9-10/h4-5,7,9,11,13,16H,3,6,8H2,1-2H3/t11-,13+/m1/s1. The van der Waals surface area contributed by atoms with Crippen molar-refractivity contribution in [2.45, 2.75) is 39.2 Å². The Kier molecular flexibility index (Phi) is 3.98. The lowest BCUT2D eigenvalue weighted by Crippen LogP contribution is -2.28. The van der Waals surface area contributed by atoms with E-state index in [0.29, 0.717) is 5.92 Å². The highest BCUT2D eigenvalue weighted by molar-refractivity contribution is 14.1. The van der Waals surface area contributed by atoms with Crippen molar-refractivity contribution in [2.75, 3.05) is 0 Å². The number of allylic oxidation sites excluding steroid dienone is 2. The molecule has 2 atom stereocenters. The predicted molar refractivity (Wildman–Crippen MR) is 76.9 cm³/mol. The molecule has 0 radical (unpaired) electrons. The lowest BCUT2D eigenvalue weighted by atomic mass is 9.70. The quantitative estimate of drug-likeness (QED) is 0.820. The molecule has 2 rings (SSSR count). The molecule has 0 aromatic carbocycles. The highest BCUT2D eigenvalue weighted by Gasteiger charge is 2.35. The van der Waals surface area contributed by atoms with Gasteiger partial charge in [-0.3, -0.25) is 0 Å². The molecular formula is C14H19IO2. The van der Waals surface area contributed by atoms with Crippen LogP contribution in [0.4, 0.5) is 0 Å². The molecule has 1 heterocycles. The van der Waals surface area contributed by atoms with Gasteiger partial charge in [-0.05, 0) is 62.8 Å². The Labute approximate surface area is 116 Å². The van der Waals surface area contributed by atoms with E-state index in [9.17, 15) is 5.11 Å². The van der Waals surface area contributed by atoms with Gasteiger partial charge in [-0.2, -0.15) is 0 Å². The van der Waals surface area contributed by atoms with Crippen molar-refractivity contribution < 1.29 is 9.52 Å². The van der Waals surface area contributed by atoms with Crippen LogP contribution in [-0.4, -0.2) is 5.11 Å². The van der Waals surface area contributed by atoms with E-state index in [2.05, 4.69) is 42.5 Å². The van der Waals surface area contributed by atoms with Gasteiger partial charge < -0.3 is 9.52 Å². The second-order valence-corrected chi connectivity index (χ2v) is 6.72. The molecular weight excluding hydrogens is 327 g/mol. The van der Waals surface area contributed by atoms with Crippen LogP contribution in [-0.2, 0) is 0 Å². The summed E-state index contributed by atoms with van der Waals surface area (Å²) in [5.41, 5.74) is 1.16. The van der Waals surface area contributed by atoms with Crippen LogP contribution in [0.1, 0.15) is 44.8 Å². The van der Waals surface area contributed by atoms with E-state index >= 15 is 0 Å². The van der Waals surface area contributed by atoms with Crippen molar-refractivity contribution in [3.63, 3.8) is 0 Å². The first-order valence-electron chi connectivity index (χ1n) is 6.06. The number of hydrogen-bond acceptors (Lipinski definition) is 2. The van der Waals surface area contributed by atoms with Crippen molar-refractivity contribution in [1.82, 2.24) is 0 Å². The van der Waals surface area contributed by atoms with Gasteiger partial charge in [0.05, 0.1) is 18.6 Å². The molecule has 0 saturated heterocycles. The van der Waals surface area contributed by atoms with Crippen molar-refractivity contribution in [2.24, 2.45) is 11.3 Å². The smallest absolute Gasteiger partial charge is 0.0960 e. The fourth-order valence-electron chi connectivity index (χ4n) is 2.53. The summed E-state index contributed by atoms with van der Waals surface area (Å²) in [6.07, 6.45) is 8.27. The minimum atomic E-state index is -0.422. The van der Waals surface area contributed by atoms with Crippen LogP contribution in [0.3, 0.4) is 0 Å². The largest absolute Gasteiger partial charge is 0.472 e. The average molecular weight is 346 g/mol. The van der Waals surface area contributed by atoms with Crippen LogP contribution in [0.5, 0.6) is 0 Å². The number of aliphatic hydroxyl groups is 1. The second kappa shape index (κ2) is 5.14. The Morgan fingerprint density at radius 2 is 2.35 bits per heavy atom. The first kappa shape index (κ1) is 13.1. The molecule has 2 nitrogen and oxygen atoms in total. The van der Waals surface area contributed by atoms with E-state index in [1.165, 1.54) is 10.0 Å². The van der Waals surface area contributed by atoms with Gasteiger partial charge in [-0.25, -0.2) is 0 Å². The maximum atomic E-state index is 10.2. The molecule has 0 fully saturated rings. The van der Waals surface area contributed by atoms with Crippen LogP contribution in [0, 0.1) is 11.3 Å². The second-order valence-electron chi connectivity index (χ2n) is 5.48. The maximum Gasteiger partial charge on any atom is 0.0960 e.